The van der Waals surface area contributed by atoms with Gasteiger partial charge in [0.15, 0.2) is 0 Å². The maximum absolute atomic E-state index is 11.2. The Morgan fingerprint density at radius 2 is 1.88 bits per heavy atom. The Bertz CT molecular complexity index is 376. The molecule has 1 saturated carbocycles. The van der Waals surface area contributed by atoms with Gasteiger partial charge in [-0.1, -0.05) is 30.3 Å². The van der Waals surface area contributed by atoms with Gasteiger partial charge in [0.1, 0.15) is 0 Å². The largest absolute Gasteiger partial charge is 0.376 e. The van der Waals surface area contributed by atoms with Crippen LogP contribution >= 0.6 is 0 Å². The Morgan fingerprint density at radius 3 is 2.56 bits per heavy atom. The van der Waals surface area contributed by atoms with Crippen molar-refractivity contribution in [2.45, 2.75) is 29.9 Å². The Balaban J connectivity index is 1.40. The van der Waals surface area contributed by atoms with Crippen LogP contribution in [0, 0.1) is 5.92 Å². The summed E-state index contributed by atoms with van der Waals surface area (Å²) in [5, 5.41) is 1.04. The Labute approximate surface area is 98.5 Å². The molecule has 3 heteroatoms. The maximum atomic E-state index is 11.2. The molecule has 0 N–H and O–H groups in total. The number of fused-ring (bicyclic) bond motifs is 1. The molecule has 3 rings (SSSR count). The van der Waals surface area contributed by atoms with E-state index in [1.165, 1.54) is 5.56 Å². The molecule has 0 spiro atoms. The van der Waals surface area contributed by atoms with Gasteiger partial charge in [-0.15, -0.1) is 0 Å². The third-order valence-corrected chi connectivity index (χ3v) is 5.45. The summed E-state index contributed by atoms with van der Waals surface area (Å²) in [6.45, 7) is 1.54. The van der Waals surface area contributed by atoms with Crippen LogP contribution in [-0.4, -0.2) is 21.3 Å². The van der Waals surface area contributed by atoms with Gasteiger partial charge in [-0.2, -0.15) is 0 Å². The second-order valence-corrected chi connectivity index (χ2v) is 6.61. The number of ether oxygens (including phenoxy) is 1. The van der Waals surface area contributed by atoms with Gasteiger partial charge in [-0.05, 0) is 24.3 Å². The summed E-state index contributed by atoms with van der Waals surface area (Å²) in [6, 6.07) is 10.3. The Kier molecular flexibility index (Phi) is 2.82. The van der Waals surface area contributed by atoms with Crippen LogP contribution in [0.15, 0.2) is 30.3 Å². The highest BCUT2D eigenvalue weighted by Gasteiger charge is 2.54. The molecular weight excluding hydrogens is 220 g/mol. The topological polar surface area (TPSA) is 26.3 Å². The fourth-order valence-corrected chi connectivity index (χ4v) is 4.42. The van der Waals surface area contributed by atoms with Gasteiger partial charge in [-0.25, -0.2) is 0 Å². The molecule has 1 heterocycles. The molecule has 4 atom stereocenters. The molecule has 0 aromatic heterocycles. The molecule has 86 valence electrons. The lowest BCUT2D eigenvalue weighted by Crippen LogP contribution is -2.09. The smallest absolute Gasteiger partial charge is 0.0717 e. The van der Waals surface area contributed by atoms with Crippen molar-refractivity contribution >= 4 is 10.8 Å². The minimum atomic E-state index is -0.475. The molecule has 1 saturated heterocycles. The predicted molar refractivity (Wildman–Crippen MR) is 64.5 cm³/mol. The summed E-state index contributed by atoms with van der Waals surface area (Å²) >= 11 is 0. The van der Waals surface area contributed by atoms with Crippen LogP contribution in [0.3, 0.4) is 0 Å². The van der Waals surface area contributed by atoms with E-state index in [-0.39, 0.29) is 0 Å². The number of benzene rings is 1. The summed E-state index contributed by atoms with van der Waals surface area (Å²) in [7, 11) is -0.475. The van der Waals surface area contributed by atoms with Gasteiger partial charge in [0.2, 0.25) is 0 Å². The highest BCUT2D eigenvalue weighted by Crippen LogP contribution is 2.45. The fraction of sp³-hybridized carbons (Fsp3) is 0.538. The molecule has 2 aliphatic rings. The van der Waals surface area contributed by atoms with Crippen molar-refractivity contribution in [2.24, 2.45) is 5.92 Å². The van der Waals surface area contributed by atoms with Crippen LogP contribution in [0.5, 0.6) is 0 Å². The fourth-order valence-electron chi connectivity index (χ4n) is 2.58. The van der Waals surface area contributed by atoms with E-state index in [0.717, 1.165) is 19.4 Å². The molecule has 16 heavy (non-hydrogen) atoms. The first-order valence-electron chi connectivity index (χ1n) is 5.85. The number of hydrogen-bond acceptors (Lipinski definition) is 2. The molecule has 2 nitrogen and oxygen atoms in total. The summed E-state index contributed by atoms with van der Waals surface area (Å²) in [5.41, 5.74) is 1.23. The van der Waals surface area contributed by atoms with Crippen LogP contribution in [0.1, 0.15) is 18.4 Å². The van der Waals surface area contributed by atoms with Crippen LogP contribution in [0.25, 0.3) is 0 Å². The van der Waals surface area contributed by atoms with Crippen LogP contribution in [0.2, 0.25) is 0 Å². The normalized spacial score (nSPS) is 36.0. The van der Waals surface area contributed by atoms with E-state index in [0.29, 0.717) is 23.0 Å². The van der Waals surface area contributed by atoms with Crippen molar-refractivity contribution in [3.8, 4) is 0 Å². The van der Waals surface area contributed by atoms with Crippen molar-refractivity contribution < 1.29 is 8.95 Å². The zero-order valence-corrected chi connectivity index (χ0v) is 9.99. The SMILES string of the molecule is O=S1[C@@H]2CC(COCc3ccccc3)C[C@@H]21. The highest BCUT2D eigenvalue weighted by molar-refractivity contribution is 7.93. The molecule has 1 aromatic rings. The summed E-state index contributed by atoms with van der Waals surface area (Å²) in [6.07, 6.45) is 2.23. The van der Waals surface area contributed by atoms with Crippen LogP contribution < -0.4 is 0 Å². The maximum Gasteiger partial charge on any atom is 0.0717 e. The van der Waals surface area contributed by atoms with Gasteiger partial charge >= 0.3 is 0 Å². The van der Waals surface area contributed by atoms with Crippen LogP contribution in [0.4, 0.5) is 0 Å². The lowest BCUT2D eigenvalue weighted by atomic mass is 10.1. The van der Waals surface area contributed by atoms with Crippen molar-refractivity contribution in [1.82, 2.24) is 0 Å². The number of rotatable bonds is 4. The molecule has 0 bridgehead atoms. The molecule has 0 radical (unpaired) electrons. The Morgan fingerprint density at radius 1 is 1.19 bits per heavy atom. The van der Waals surface area contributed by atoms with Gasteiger partial charge in [-0.3, -0.25) is 4.21 Å². The second-order valence-electron chi connectivity index (χ2n) is 4.74. The third-order valence-electron chi connectivity index (χ3n) is 3.53. The van der Waals surface area contributed by atoms with E-state index in [1.54, 1.807) is 0 Å². The van der Waals surface area contributed by atoms with Gasteiger partial charge in [0.05, 0.1) is 6.61 Å². The van der Waals surface area contributed by atoms with E-state index < -0.39 is 10.8 Å². The first-order valence-corrected chi connectivity index (χ1v) is 7.13. The van der Waals surface area contributed by atoms with Crippen LogP contribution in [-0.2, 0) is 22.1 Å². The Hall–Kier alpha value is -0.670. The summed E-state index contributed by atoms with van der Waals surface area (Å²) < 4.78 is 16.9. The van der Waals surface area contributed by atoms with Crippen molar-refractivity contribution in [3.63, 3.8) is 0 Å². The van der Waals surface area contributed by atoms with Crippen molar-refractivity contribution in [1.29, 1.82) is 0 Å². The zero-order valence-electron chi connectivity index (χ0n) is 9.17. The minimum absolute atomic E-state index is 0.475. The standard InChI is InChI=1S/C13H16O2S/c14-16-12-6-11(7-13(12)16)9-15-8-10-4-2-1-3-5-10/h1-5,11-13H,6-9H2/t11?,12-,13+,16?. The van der Waals surface area contributed by atoms with E-state index in [1.807, 2.05) is 18.2 Å². The molecule has 1 aliphatic heterocycles. The predicted octanol–water partition coefficient (Wildman–Crippen LogP) is 2.11. The van der Waals surface area contributed by atoms with E-state index in [2.05, 4.69) is 12.1 Å². The summed E-state index contributed by atoms with van der Waals surface area (Å²) in [4.78, 5) is 0. The lowest BCUT2D eigenvalue weighted by Gasteiger charge is -2.11. The van der Waals surface area contributed by atoms with E-state index in [4.69, 9.17) is 4.74 Å². The monoisotopic (exact) mass is 236 g/mol. The van der Waals surface area contributed by atoms with Gasteiger partial charge < -0.3 is 4.74 Å². The zero-order chi connectivity index (χ0) is 11.0. The summed E-state index contributed by atoms with van der Waals surface area (Å²) in [5.74, 6) is 0.649. The van der Waals surface area contributed by atoms with Gasteiger partial charge in [0.25, 0.3) is 0 Å². The molecule has 2 fully saturated rings. The number of hydrogen-bond donors (Lipinski definition) is 0. The van der Waals surface area contributed by atoms with Gasteiger partial charge in [0, 0.05) is 27.9 Å². The van der Waals surface area contributed by atoms with Crippen molar-refractivity contribution in [2.75, 3.05) is 6.61 Å². The van der Waals surface area contributed by atoms with E-state index >= 15 is 0 Å². The van der Waals surface area contributed by atoms with E-state index in [9.17, 15) is 4.21 Å². The molecule has 1 aliphatic carbocycles. The average molecular weight is 236 g/mol. The molecule has 2 unspecified atom stereocenters. The molecule has 0 amide bonds. The quantitative estimate of drug-likeness (QED) is 0.748. The second kappa shape index (κ2) is 4.30. The highest BCUT2D eigenvalue weighted by atomic mass is 32.2. The molecular formula is C13H16O2S. The first kappa shape index (κ1) is 10.5. The average Bonchev–Trinajstić information content (AvgIpc) is 2.77. The first-order chi connectivity index (χ1) is 7.84. The molecule has 1 aromatic carbocycles. The lowest BCUT2D eigenvalue weighted by molar-refractivity contribution is 0.0886. The third kappa shape index (κ3) is 2.06. The minimum Gasteiger partial charge on any atom is -0.376 e. The van der Waals surface area contributed by atoms with Crippen molar-refractivity contribution in [3.05, 3.63) is 35.9 Å².